The molecule has 0 spiro atoms. The molecule has 31 heavy (non-hydrogen) atoms. The summed E-state index contributed by atoms with van der Waals surface area (Å²) in [5, 5.41) is 4.32. The number of hydrogen-bond donors (Lipinski definition) is 1. The lowest BCUT2D eigenvalue weighted by Gasteiger charge is -2.28. The maximum Gasteiger partial charge on any atom is 0.320 e. The fourth-order valence-electron chi connectivity index (χ4n) is 3.11. The highest BCUT2D eigenvalue weighted by Gasteiger charge is 2.15. The minimum Gasteiger partial charge on any atom is -0.463 e. The van der Waals surface area contributed by atoms with Crippen molar-refractivity contribution in [2.75, 3.05) is 43.2 Å². The Kier molecular flexibility index (Phi) is 6.96. The van der Waals surface area contributed by atoms with E-state index >= 15 is 0 Å². The SMILES string of the molecule is Cc1cccc(/C=N/Nc2cc(N3CCOCC3)nc(OCCc3ncccn3)n2)c1. The van der Waals surface area contributed by atoms with E-state index in [1.807, 2.05) is 31.2 Å². The third kappa shape index (κ3) is 6.19. The third-order valence-corrected chi connectivity index (χ3v) is 4.64. The summed E-state index contributed by atoms with van der Waals surface area (Å²) in [6.45, 7) is 5.29. The Labute approximate surface area is 181 Å². The molecule has 9 nitrogen and oxygen atoms in total. The molecule has 0 bridgehead atoms. The van der Waals surface area contributed by atoms with Crippen molar-refractivity contribution < 1.29 is 9.47 Å². The van der Waals surface area contributed by atoms with Gasteiger partial charge >= 0.3 is 6.01 Å². The lowest BCUT2D eigenvalue weighted by molar-refractivity contribution is 0.122. The first kappa shape index (κ1) is 20.7. The molecule has 0 unspecified atom stereocenters. The van der Waals surface area contributed by atoms with Gasteiger partial charge in [0.05, 0.1) is 26.0 Å². The van der Waals surface area contributed by atoms with Gasteiger partial charge in [0, 0.05) is 38.0 Å². The number of hydrazone groups is 1. The summed E-state index contributed by atoms with van der Waals surface area (Å²) in [5.74, 6) is 2.05. The molecule has 3 heterocycles. The average Bonchev–Trinajstić information content (AvgIpc) is 2.80. The summed E-state index contributed by atoms with van der Waals surface area (Å²) in [6.07, 6.45) is 5.76. The number of ether oxygens (including phenoxy) is 2. The predicted molar refractivity (Wildman–Crippen MR) is 119 cm³/mol. The van der Waals surface area contributed by atoms with Crippen molar-refractivity contribution >= 4 is 17.9 Å². The van der Waals surface area contributed by atoms with Gasteiger partial charge in [0.25, 0.3) is 0 Å². The first-order chi connectivity index (χ1) is 15.3. The van der Waals surface area contributed by atoms with Crippen molar-refractivity contribution in [3.8, 4) is 6.01 Å². The van der Waals surface area contributed by atoms with Gasteiger partial charge in [-0.25, -0.2) is 9.97 Å². The van der Waals surface area contributed by atoms with Gasteiger partial charge in [0.2, 0.25) is 0 Å². The Morgan fingerprint density at radius 1 is 1.13 bits per heavy atom. The average molecular weight is 419 g/mol. The van der Waals surface area contributed by atoms with E-state index in [2.05, 4.69) is 41.4 Å². The Bertz CT molecular complexity index is 1010. The number of aromatic nitrogens is 4. The Balaban J connectivity index is 1.46. The molecule has 0 saturated carbocycles. The van der Waals surface area contributed by atoms with Crippen LogP contribution in [0.15, 0.2) is 53.9 Å². The molecule has 0 amide bonds. The summed E-state index contributed by atoms with van der Waals surface area (Å²) >= 11 is 0. The van der Waals surface area contributed by atoms with Crippen LogP contribution in [0.25, 0.3) is 0 Å². The summed E-state index contributed by atoms with van der Waals surface area (Å²) in [5.41, 5.74) is 5.18. The molecule has 1 aliphatic rings. The third-order valence-electron chi connectivity index (χ3n) is 4.64. The summed E-state index contributed by atoms with van der Waals surface area (Å²) in [7, 11) is 0. The van der Waals surface area contributed by atoms with E-state index in [0.29, 0.717) is 37.9 Å². The fraction of sp³-hybridized carbons (Fsp3) is 0.318. The van der Waals surface area contributed by atoms with Crippen molar-refractivity contribution in [3.63, 3.8) is 0 Å². The zero-order valence-corrected chi connectivity index (χ0v) is 17.4. The second-order valence-corrected chi connectivity index (χ2v) is 7.04. The van der Waals surface area contributed by atoms with Crippen LogP contribution in [0.5, 0.6) is 6.01 Å². The number of anilines is 2. The van der Waals surface area contributed by atoms with Crippen LogP contribution in [-0.2, 0) is 11.2 Å². The molecule has 3 aromatic rings. The van der Waals surface area contributed by atoms with Crippen LogP contribution in [0.4, 0.5) is 11.6 Å². The van der Waals surface area contributed by atoms with Gasteiger partial charge in [0.1, 0.15) is 11.6 Å². The summed E-state index contributed by atoms with van der Waals surface area (Å²) in [4.78, 5) is 19.6. The number of hydrogen-bond acceptors (Lipinski definition) is 9. The second-order valence-electron chi connectivity index (χ2n) is 7.04. The minimum atomic E-state index is 0.285. The largest absolute Gasteiger partial charge is 0.463 e. The molecule has 0 radical (unpaired) electrons. The predicted octanol–water partition coefficient (Wildman–Crippen LogP) is 2.48. The maximum absolute atomic E-state index is 5.81. The number of morpholine rings is 1. The van der Waals surface area contributed by atoms with Crippen LogP contribution in [0.1, 0.15) is 17.0 Å². The van der Waals surface area contributed by atoms with Crippen LogP contribution in [0.2, 0.25) is 0 Å². The first-order valence-corrected chi connectivity index (χ1v) is 10.2. The molecular formula is C22H25N7O2. The Hall–Kier alpha value is -3.59. The second kappa shape index (κ2) is 10.4. The standard InChI is InChI=1S/C22H25N7O2/c1-17-4-2-5-18(14-17)16-25-28-20-15-21(29-9-12-30-13-10-29)27-22(26-20)31-11-6-19-23-7-3-8-24-19/h2-5,7-8,14-16H,6,9-13H2,1H3,(H,26,27,28)/b25-16+. The van der Waals surface area contributed by atoms with Crippen molar-refractivity contribution in [2.24, 2.45) is 5.10 Å². The molecule has 0 aliphatic carbocycles. The lowest BCUT2D eigenvalue weighted by atomic mass is 10.2. The van der Waals surface area contributed by atoms with Gasteiger partial charge in [-0.2, -0.15) is 15.1 Å². The molecular weight excluding hydrogens is 394 g/mol. The zero-order chi connectivity index (χ0) is 21.3. The molecule has 1 fully saturated rings. The Morgan fingerprint density at radius 2 is 1.97 bits per heavy atom. The van der Waals surface area contributed by atoms with E-state index in [0.717, 1.165) is 24.5 Å². The lowest BCUT2D eigenvalue weighted by Crippen LogP contribution is -2.36. The van der Waals surface area contributed by atoms with E-state index in [1.54, 1.807) is 24.7 Å². The van der Waals surface area contributed by atoms with E-state index in [4.69, 9.17) is 9.47 Å². The van der Waals surface area contributed by atoms with E-state index in [-0.39, 0.29) is 6.01 Å². The van der Waals surface area contributed by atoms with Gasteiger partial charge in [0.15, 0.2) is 5.82 Å². The zero-order valence-electron chi connectivity index (χ0n) is 17.4. The molecule has 2 aromatic heterocycles. The number of rotatable bonds is 8. The minimum absolute atomic E-state index is 0.285. The van der Waals surface area contributed by atoms with Crippen molar-refractivity contribution in [1.29, 1.82) is 0 Å². The van der Waals surface area contributed by atoms with Crippen LogP contribution >= 0.6 is 0 Å². The summed E-state index contributed by atoms with van der Waals surface area (Å²) in [6, 6.07) is 12.0. The smallest absolute Gasteiger partial charge is 0.320 e. The maximum atomic E-state index is 5.81. The normalized spacial score (nSPS) is 14.0. The number of aryl methyl sites for hydroxylation is 1. The molecule has 1 aromatic carbocycles. The van der Waals surface area contributed by atoms with Crippen LogP contribution in [0.3, 0.4) is 0 Å². The van der Waals surface area contributed by atoms with Crippen LogP contribution in [0, 0.1) is 6.92 Å². The highest BCUT2D eigenvalue weighted by Crippen LogP contribution is 2.20. The topological polar surface area (TPSA) is 97.7 Å². The molecule has 1 N–H and O–H groups in total. The quantitative estimate of drug-likeness (QED) is 0.439. The molecule has 1 saturated heterocycles. The number of nitrogens with one attached hydrogen (secondary N) is 1. The van der Waals surface area contributed by atoms with E-state index in [1.165, 1.54) is 5.56 Å². The summed E-state index contributed by atoms with van der Waals surface area (Å²) < 4.78 is 11.3. The number of benzene rings is 1. The van der Waals surface area contributed by atoms with E-state index < -0.39 is 0 Å². The van der Waals surface area contributed by atoms with Crippen LogP contribution < -0.4 is 15.1 Å². The van der Waals surface area contributed by atoms with Gasteiger partial charge in [-0.3, -0.25) is 5.43 Å². The van der Waals surface area contributed by atoms with Gasteiger partial charge in [-0.05, 0) is 18.6 Å². The van der Waals surface area contributed by atoms with Crippen molar-refractivity contribution in [2.45, 2.75) is 13.3 Å². The highest BCUT2D eigenvalue weighted by atomic mass is 16.5. The monoisotopic (exact) mass is 419 g/mol. The molecule has 1 aliphatic heterocycles. The van der Waals surface area contributed by atoms with E-state index in [9.17, 15) is 0 Å². The Morgan fingerprint density at radius 3 is 2.77 bits per heavy atom. The first-order valence-electron chi connectivity index (χ1n) is 10.2. The molecule has 160 valence electrons. The van der Waals surface area contributed by atoms with Crippen molar-refractivity contribution in [3.05, 3.63) is 65.7 Å². The molecule has 0 atom stereocenters. The molecule has 4 rings (SSSR count). The van der Waals surface area contributed by atoms with Gasteiger partial charge in [-0.1, -0.05) is 29.8 Å². The highest BCUT2D eigenvalue weighted by molar-refractivity contribution is 5.80. The molecule has 9 heteroatoms. The fourth-order valence-corrected chi connectivity index (χ4v) is 3.11. The van der Waals surface area contributed by atoms with Gasteiger partial charge < -0.3 is 14.4 Å². The number of nitrogens with zero attached hydrogens (tertiary/aromatic N) is 6. The van der Waals surface area contributed by atoms with Gasteiger partial charge in [-0.15, -0.1) is 0 Å². The van der Waals surface area contributed by atoms with Crippen molar-refractivity contribution in [1.82, 2.24) is 19.9 Å². The van der Waals surface area contributed by atoms with Crippen LogP contribution in [-0.4, -0.2) is 59.1 Å².